The predicted octanol–water partition coefficient (Wildman–Crippen LogP) is 2.01. The fourth-order valence-corrected chi connectivity index (χ4v) is 4.64. The molecule has 2 saturated heterocycles. The van der Waals surface area contributed by atoms with Crippen LogP contribution in [0.25, 0.3) is 10.9 Å². The SMILES string of the molecule is COc1ccc2c(c1)c(CN1CC[C@H]3NC(=O)CN(C)C(=O)[C@H]3C1)cn2C(C)C. The molecular formula is C22H30N4O3. The molecule has 2 aliphatic rings. The van der Waals surface area contributed by atoms with Gasteiger partial charge in [-0.1, -0.05) is 0 Å². The summed E-state index contributed by atoms with van der Waals surface area (Å²) >= 11 is 0. The summed E-state index contributed by atoms with van der Waals surface area (Å²) in [6.07, 6.45) is 3.02. The molecule has 0 unspecified atom stereocenters. The number of benzene rings is 1. The molecule has 29 heavy (non-hydrogen) atoms. The quantitative estimate of drug-likeness (QED) is 0.856. The Morgan fingerprint density at radius 1 is 1.28 bits per heavy atom. The van der Waals surface area contributed by atoms with Crippen LogP contribution in [0.3, 0.4) is 0 Å². The van der Waals surface area contributed by atoms with Gasteiger partial charge in [0.1, 0.15) is 5.75 Å². The number of carbonyl (C=O) groups is 2. The molecule has 7 nitrogen and oxygen atoms in total. The lowest BCUT2D eigenvalue weighted by molar-refractivity contribution is -0.136. The second-order valence-corrected chi connectivity index (χ2v) is 8.54. The van der Waals surface area contributed by atoms with E-state index in [9.17, 15) is 9.59 Å². The molecule has 1 aromatic heterocycles. The fourth-order valence-electron chi connectivity index (χ4n) is 4.64. The minimum absolute atomic E-state index is 0.0596. The number of rotatable bonds is 4. The molecule has 0 bridgehead atoms. The number of hydrogen-bond donors (Lipinski definition) is 1. The number of piperidine rings is 1. The molecule has 2 aromatic rings. The number of hydrogen-bond acceptors (Lipinski definition) is 4. The number of likely N-dealkylation sites (tertiary alicyclic amines) is 1. The number of nitrogens with one attached hydrogen (secondary N) is 1. The maximum absolute atomic E-state index is 12.8. The number of nitrogens with zero attached hydrogens (tertiary/aromatic N) is 3. The molecule has 2 atom stereocenters. The largest absolute Gasteiger partial charge is 0.497 e. The van der Waals surface area contributed by atoms with Gasteiger partial charge in [-0.25, -0.2) is 0 Å². The lowest BCUT2D eigenvalue weighted by atomic mass is 9.91. The van der Waals surface area contributed by atoms with Gasteiger partial charge in [-0.15, -0.1) is 0 Å². The van der Waals surface area contributed by atoms with Crippen LogP contribution in [0.15, 0.2) is 24.4 Å². The van der Waals surface area contributed by atoms with E-state index in [4.69, 9.17) is 4.74 Å². The highest BCUT2D eigenvalue weighted by molar-refractivity contribution is 5.89. The lowest BCUT2D eigenvalue weighted by Gasteiger charge is -2.37. The van der Waals surface area contributed by atoms with Crippen LogP contribution in [0.5, 0.6) is 5.75 Å². The topological polar surface area (TPSA) is 66.8 Å². The van der Waals surface area contributed by atoms with E-state index < -0.39 is 0 Å². The van der Waals surface area contributed by atoms with E-state index in [1.807, 2.05) is 6.07 Å². The zero-order valence-electron chi connectivity index (χ0n) is 17.6. The Bertz CT molecular complexity index is 936. The summed E-state index contributed by atoms with van der Waals surface area (Å²) in [5.41, 5.74) is 2.44. The van der Waals surface area contributed by atoms with E-state index >= 15 is 0 Å². The minimum atomic E-state index is -0.187. The van der Waals surface area contributed by atoms with Gasteiger partial charge in [-0.05, 0) is 44.0 Å². The molecule has 0 saturated carbocycles. The van der Waals surface area contributed by atoms with Crippen LogP contribution in [0.4, 0.5) is 0 Å². The van der Waals surface area contributed by atoms with E-state index in [0.717, 1.165) is 25.3 Å². The fraction of sp³-hybridized carbons (Fsp3) is 0.545. The van der Waals surface area contributed by atoms with Crippen molar-refractivity contribution in [2.24, 2.45) is 5.92 Å². The summed E-state index contributed by atoms with van der Waals surface area (Å²) in [6.45, 7) is 6.80. The van der Waals surface area contributed by atoms with E-state index in [-0.39, 0.29) is 30.3 Å². The van der Waals surface area contributed by atoms with Gasteiger partial charge in [0.2, 0.25) is 11.8 Å². The monoisotopic (exact) mass is 398 g/mol. The number of amides is 2. The Labute approximate surface area is 171 Å². The number of methoxy groups -OCH3 is 1. The standard InChI is InChI=1S/C22H30N4O3/c1-14(2)26-11-15(17-9-16(29-4)5-6-20(17)26)10-25-8-7-19-18(12-25)22(28)24(3)13-21(27)23-19/h5-6,9,11,14,18-19H,7-8,10,12-13H2,1-4H3,(H,23,27)/t18-,19+/m0/s1. The maximum Gasteiger partial charge on any atom is 0.239 e. The molecule has 0 radical (unpaired) electrons. The summed E-state index contributed by atoms with van der Waals surface area (Å²) < 4.78 is 7.74. The average Bonchev–Trinajstić information content (AvgIpc) is 3.01. The zero-order chi connectivity index (χ0) is 20.7. The van der Waals surface area contributed by atoms with Crippen LogP contribution in [-0.4, -0.2) is 66.0 Å². The van der Waals surface area contributed by atoms with E-state index in [1.54, 1.807) is 19.1 Å². The summed E-state index contributed by atoms with van der Waals surface area (Å²) in [5.74, 6) is 0.661. The van der Waals surface area contributed by atoms with Crippen molar-refractivity contribution in [3.63, 3.8) is 0 Å². The van der Waals surface area contributed by atoms with Crippen LogP contribution in [0.1, 0.15) is 31.9 Å². The van der Waals surface area contributed by atoms with E-state index in [0.29, 0.717) is 12.6 Å². The Hall–Kier alpha value is -2.54. The van der Waals surface area contributed by atoms with Crippen molar-refractivity contribution >= 4 is 22.7 Å². The first-order valence-electron chi connectivity index (χ1n) is 10.3. The predicted molar refractivity (Wildman–Crippen MR) is 112 cm³/mol. The van der Waals surface area contributed by atoms with E-state index in [2.05, 4.69) is 47.0 Å². The molecular weight excluding hydrogens is 368 g/mol. The molecule has 1 aromatic carbocycles. The van der Waals surface area contributed by atoms with E-state index in [1.165, 1.54) is 16.5 Å². The van der Waals surface area contributed by atoms with Crippen molar-refractivity contribution in [2.45, 2.75) is 38.9 Å². The summed E-state index contributed by atoms with van der Waals surface area (Å²) in [5, 5.41) is 4.23. The maximum atomic E-state index is 12.8. The molecule has 2 fully saturated rings. The van der Waals surface area contributed by atoms with Gasteiger partial charge in [0.15, 0.2) is 0 Å². The van der Waals surface area contributed by atoms with Crippen molar-refractivity contribution in [2.75, 3.05) is 33.8 Å². The van der Waals surface area contributed by atoms with Gasteiger partial charge in [0.25, 0.3) is 0 Å². The third-order valence-corrected chi connectivity index (χ3v) is 6.19. The van der Waals surface area contributed by atoms with Gasteiger partial charge >= 0.3 is 0 Å². The molecule has 0 spiro atoms. The number of fused-ring (bicyclic) bond motifs is 2. The highest BCUT2D eigenvalue weighted by Gasteiger charge is 2.39. The Kier molecular flexibility index (Phi) is 5.25. The number of aromatic nitrogens is 1. The second-order valence-electron chi connectivity index (χ2n) is 8.54. The van der Waals surface area contributed by atoms with Crippen molar-refractivity contribution in [3.05, 3.63) is 30.0 Å². The molecule has 2 amide bonds. The number of carbonyl (C=O) groups excluding carboxylic acids is 2. The van der Waals surface area contributed by atoms with Gasteiger partial charge in [0.05, 0.1) is 19.6 Å². The smallest absolute Gasteiger partial charge is 0.239 e. The van der Waals surface area contributed by atoms with Crippen LogP contribution < -0.4 is 10.1 Å². The third-order valence-electron chi connectivity index (χ3n) is 6.19. The average molecular weight is 399 g/mol. The summed E-state index contributed by atoms with van der Waals surface area (Å²) in [7, 11) is 3.40. The molecule has 156 valence electrons. The normalized spacial score (nSPS) is 23.3. The molecule has 0 aliphatic carbocycles. The second kappa shape index (κ2) is 7.71. The van der Waals surface area contributed by atoms with Crippen molar-refractivity contribution in [3.8, 4) is 5.75 Å². The van der Waals surface area contributed by atoms with Gasteiger partial charge in [-0.3, -0.25) is 14.5 Å². The minimum Gasteiger partial charge on any atom is -0.497 e. The number of likely N-dealkylation sites (N-methyl/N-ethyl adjacent to an activating group) is 1. The van der Waals surface area contributed by atoms with Gasteiger partial charge in [0, 0.05) is 55.9 Å². The van der Waals surface area contributed by atoms with Crippen molar-refractivity contribution < 1.29 is 14.3 Å². The Morgan fingerprint density at radius 2 is 2.07 bits per heavy atom. The zero-order valence-corrected chi connectivity index (χ0v) is 17.6. The first kappa shape index (κ1) is 19.8. The molecule has 3 heterocycles. The Balaban J connectivity index is 1.60. The lowest BCUT2D eigenvalue weighted by Crippen LogP contribution is -2.52. The van der Waals surface area contributed by atoms with Crippen LogP contribution in [0, 0.1) is 5.92 Å². The van der Waals surface area contributed by atoms with Gasteiger partial charge in [-0.2, -0.15) is 0 Å². The van der Waals surface area contributed by atoms with Crippen molar-refractivity contribution in [1.29, 1.82) is 0 Å². The number of ether oxygens (including phenoxy) is 1. The first-order chi connectivity index (χ1) is 13.9. The van der Waals surface area contributed by atoms with Gasteiger partial charge < -0.3 is 19.5 Å². The highest BCUT2D eigenvalue weighted by Crippen LogP contribution is 2.31. The highest BCUT2D eigenvalue weighted by atomic mass is 16.5. The third kappa shape index (κ3) is 3.71. The molecule has 4 rings (SSSR count). The molecule has 7 heteroatoms. The summed E-state index contributed by atoms with van der Waals surface area (Å²) in [6, 6.07) is 6.51. The van der Waals surface area contributed by atoms with Crippen LogP contribution in [0.2, 0.25) is 0 Å². The summed E-state index contributed by atoms with van der Waals surface area (Å²) in [4.78, 5) is 28.7. The van der Waals surface area contributed by atoms with Crippen LogP contribution in [-0.2, 0) is 16.1 Å². The first-order valence-corrected chi connectivity index (χ1v) is 10.3. The Morgan fingerprint density at radius 3 is 2.79 bits per heavy atom. The van der Waals surface area contributed by atoms with Crippen LogP contribution >= 0.6 is 0 Å². The molecule has 2 aliphatic heterocycles. The molecule has 1 N–H and O–H groups in total. The van der Waals surface area contributed by atoms with Crippen molar-refractivity contribution in [1.82, 2.24) is 19.7 Å².